The van der Waals surface area contributed by atoms with Gasteiger partial charge < -0.3 is 10.2 Å². The summed E-state index contributed by atoms with van der Waals surface area (Å²) in [6, 6.07) is 9.69. The molecule has 0 radical (unpaired) electrons. The maximum atomic E-state index is 9.65. The first-order valence-corrected chi connectivity index (χ1v) is 5.59. The van der Waals surface area contributed by atoms with Crippen molar-refractivity contribution in [3.05, 3.63) is 47.0 Å². The van der Waals surface area contributed by atoms with E-state index in [2.05, 4.69) is 18.2 Å². The Kier molecular flexibility index (Phi) is 2.80. The van der Waals surface area contributed by atoms with Gasteiger partial charge in [-0.15, -0.1) is 0 Å². The molecule has 0 saturated heterocycles. The van der Waals surface area contributed by atoms with Crippen LogP contribution < -0.4 is 0 Å². The minimum absolute atomic E-state index is 0.0425. The van der Waals surface area contributed by atoms with E-state index in [1.54, 1.807) is 13.0 Å². The average molecular weight is 228 g/mol. The van der Waals surface area contributed by atoms with Crippen molar-refractivity contribution in [1.29, 1.82) is 0 Å². The molecule has 0 heterocycles. The van der Waals surface area contributed by atoms with Crippen LogP contribution in [0.4, 0.5) is 0 Å². The highest BCUT2D eigenvalue weighted by Gasteiger charge is 2.09. The molecule has 17 heavy (non-hydrogen) atoms. The molecule has 0 amide bonds. The first-order chi connectivity index (χ1) is 7.99. The number of rotatable bonds is 1. The Morgan fingerprint density at radius 2 is 1.53 bits per heavy atom. The lowest BCUT2D eigenvalue weighted by atomic mass is 9.96. The molecule has 2 rings (SSSR count). The Morgan fingerprint density at radius 3 is 2.18 bits per heavy atom. The molecule has 0 bridgehead atoms. The van der Waals surface area contributed by atoms with Crippen LogP contribution in [0.5, 0.6) is 11.5 Å². The van der Waals surface area contributed by atoms with Crippen molar-refractivity contribution in [3.63, 3.8) is 0 Å². The Balaban J connectivity index is 2.64. The summed E-state index contributed by atoms with van der Waals surface area (Å²) in [6.45, 7) is 5.85. The van der Waals surface area contributed by atoms with Gasteiger partial charge in [-0.2, -0.15) is 0 Å². The van der Waals surface area contributed by atoms with Crippen LogP contribution in [0.1, 0.15) is 16.7 Å². The summed E-state index contributed by atoms with van der Waals surface area (Å²) in [6.07, 6.45) is 0. The average Bonchev–Trinajstić information content (AvgIpc) is 2.28. The Labute approximate surface area is 101 Å². The normalized spacial score (nSPS) is 10.5. The molecule has 0 fully saturated rings. The maximum absolute atomic E-state index is 9.65. The van der Waals surface area contributed by atoms with Crippen molar-refractivity contribution in [1.82, 2.24) is 0 Å². The molecule has 0 unspecified atom stereocenters. The quantitative estimate of drug-likeness (QED) is 0.731. The number of phenolic OH excluding ortho intramolecular Hbond substituents is 2. The molecule has 0 aliphatic heterocycles. The van der Waals surface area contributed by atoms with Crippen LogP contribution in [-0.4, -0.2) is 10.2 Å². The molecule has 2 heteroatoms. The Bertz CT molecular complexity index is 548. The first kappa shape index (κ1) is 11.5. The van der Waals surface area contributed by atoms with Gasteiger partial charge in [0, 0.05) is 0 Å². The highest BCUT2D eigenvalue weighted by molar-refractivity contribution is 5.71. The van der Waals surface area contributed by atoms with Gasteiger partial charge in [0.1, 0.15) is 0 Å². The van der Waals surface area contributed by atoms with Crippen LogP contribution in [0.15, 0.2) is 30.3 Å². The van der Waals surface area contributed by atoms with Gasteiger partial charge in [0.25, 0.3) is 0 Å². The Hall–Kier alpha value is -1.96. The van der Waals surface area contributed by atoms with Gasteiger partial charge in [-0.1, -0.05) is 23.8 Å². The van der Waals surface area contributed by atoms with Gasteiger partial charge in [-0.3, -0.25) is 0 Å². The smallest absolute Gasteiger partial charge is 0.160 e. The molecule has 2 aromatic rings. The summed E-state index contributed by atoms with van der Waals surface area (Å²) in [5.74, 6) is -0.111. The zero-order valence-electron chi connectivity index (χ0n) is 10.3. The molecule has 2 aromatic carbocycles. The summed E-state index contributed by atoms with van der Waals surface area (Å²) in [4.78, 5) is 0. The molecule has 0 saturated carbocycles. The van der Waals surface area contributed by atoms with Gasteiger partial charge in [-0.25, -0.2) is 0 Å². The maximum Gasteiger partial charge on any atom is 0.160 e. The summed E-state index contributed by atoms with van der Waals surface area (Å²) in [7, 11) is 0. The summed E-state index contributed by atoms with van der Waals surface area (Å²) in [5, 5.41) is 19.2. The molecule has 0 aliphatic rings. The van der Waals surface area contributed by atoms with Crippen molar-refractivity contribution in [2.75, 3.05) is 0 Å². The third kappa shape index (κ3) is 2.11. The fourth-order valence-electron chi connectivity index (χ4n) is 1.96. The lowest BCUT2D eigenvalue weighted by Crippen LogP contribution is -1.86. The number of aromatic hydroxyl groups is 2. The van der Waals surface area contributed by atoms with E-state index in [1.807, 2.05) is 19.9 Å². The molecular formula is C15H16O2. The Morgan fingerprint density at radius 1 is 0.824 bits per heavy atom. The highest BCUT2D eigenvalue weighted by Crippen LogP contribution is 2.35. The van der Waals surface area contributed by atoms with Gasteiger partial charge in [0.15, 0.2) is 11.5 Å². The van der Waals surface area contributed by atoms with Crippen LogP contribution in [0.25, 0.3) is 11.1 Å². The minimum atomic E-state index is -0.0686. The zero-order chi connectivity index (χ0) is 12.6. The predicted octanol–water partition coefficient (Wildman–Crippen LogP) is 3.69. The highest BCUT2D eigenvalue weighted by atomic mass is 16.3. The monoisotopic (exact) mass is 228 g/mol. The number of aryl methyl sites for hydroxylation is 3. The lowest BCUT2D eigenvalue weighted by molar-refractivity contribution is 0.401. The van der Waals surface area contributed by atoms with E-state index in [1.165, 1.54) is 5.56 Å². The molecule has 0 spiro atoms. The van der Waals surface area contributed by atoms with E-state index < -0.39 is 0 Å². The van der Waals surface area contributed by atoms with Crippen LogP contribution in [0.3, 0.4) is 0 Å². The van der Waals surface area contributed by atoms with Crippen LogP contribution in [-0.2, 0) is 0 Å². The summed E-state index contributed by atoms with van der Waals surface area (Å²) < 4.78 is 0. The molecule has 88 valence electrons. The van der Waals surface area contributed by atoms with E-state index in [9.17, 15) is 10.2 Å². The zero-order valence-corrected chi connectivity index (χ0v) is 10.3. The third-order valence-electron chi connectivity index (χ3n) is 2.98. The van der Waals surface area contributed by atoms with Crippen molar-refractivity contribution in [2.45, 2.75) is 20.8 Å². The molecule has 2 nitrogen and oxygen atoms in total. The molecule has 0 aromatic heterocycles. The van der Waals surface area contributed by atoms with Gasteiger partial charge in [0.2, 0.25) is 0 Å². The topological polar surface area (TPSA) is 40.5 Å². The van der Waals surface area contributed by atoms with Gasteiger partial charge in [-0.05, 0) is 55.2 Å². The fraction of sp³-hybridized carbons (Fsp3) is 0.200. The fourth-order valence-corrected chi connectivity index (χ4v) is 1.96. The number of hydrogen-bond donors (Lipinski definition) is 2. The number of hydrogen-bond acceptors (Lipinski definition) is 2. The summed E-state index contributed by atoms with van der Waals surface area (Å²) >= 11 is 0. The van der Waals surface area contributed by atoms with Crippen LogP contribution in [0.2, 0.25) is 0 Å². The second-order valence-corrected chi connectivity index (χ2v) is 4.48. The number of phenols is 2. The van der Waals surface area contributed by atoms with Crippen LogP contribution >= 0.6 is 0 Å². The molecule has 0 atom stereocenters. The van der Waals surface area contributed by atoms with Crippen molar-refractivity contribution < 1.29 is 10.2 Å². The van der Waals surface area contributed by atoms with E-state index >= 15 is 0 Å². The standard InChI is InChI=1S/C15H16O2/c1-9-4-5-10(2)13(6-9)12-7-11(3)15(17)14(16)8-12/h4-8,16-17H,1-3H3. The van der Waals surface area contributed by atoms with Crippen molar-refractivity contribution in [3.8, 4) is 22.6 Å². The van der Waals surface area contributed by atoms with E-state index in [4.69, 9.17) is 0 Å². The summed E-state index contributed by atoms with van der Waals surface area (Å²) in [5.41, 5.74) is 5.03. The second-order valence-electron chi connectivity index (χ2n) is 4.48. The largest absolute Gasteiger partial charge is 0.504 e. The van der Waals surface area contributed by atoms with Gasteiger partial charge >= 0.3 is 0 Å². The lowest BCUT2D eigenvalue weighted by Gasteiger charge is -2.10. The first-order valence-electron chi connectivity index (χ1n) is 5.59. The molecule has 2 N–H and O–H groups in total. The van der Waals surface area contributed by atoms with E-state index in [0.717, 1.165) is 16.7 Å². The van der Waals surface area contributed by atoms with E-state index in [-0.39, 0.29) is 11.5 Å². The van der Waals surface area contributed by atoms with Crippen LogP contribution in [0, 0.1) is 20.8 Å². The molecular weight excluding hydrogens is 212 g/mol. The van der Waals surface area contributed by atoms with Gasteiger partial charge in [0.05, 0.1) is 0 Å². The SMILES string of the molecule is Cc1ccc(C)c(-c2cc(C)c(O)c(O)c2)c1. The van der Waals surface area contributed by atoms with Crippen molar-refractivity contribution in [2.24, 2.45) is 0 Å². The predicted molar refractivity (Wildman–Crippen MR) is 69.4 cm³/mol. The number of benzene rings is 2. The van der Waals surface area contributed by atoms with Crippen molar-refractivity contribution >= 4 is 0 Å². The van der Waals surface area contributed by atoms with E-state index in [0.29, 0.717) is 5.56 Å². The second kappa shape index (κ2) is 4.13. The third-order valence-corrected chi connectivity index (χ3v) is 2.98. The minimum Gasteiger partial charge on any atom is -0.504 e. The molecule has 0 aliphatic carbocycles.